The van der Waals surface area contributed by atoms with Crippen LogP contribution in [0.5, 0.6) is 0 Å². The predicted molar refractivity (Wildman–Crippen MR) is 323 cm³/mol. The maximum Gasteiger partial charge on any atom is 0.220 e. The van der Waals surface area contributed by atoms with E-state index in [0.29, 0.717) is 12.8 Å². The topological polar surface area (TPSA) is 149 Å². The van der Waals surface area contributed by atoms with Crippen LogP contribution < -0.4 is 5.32 Å². The Labute approximate surface area is 472 Å². The Morgan fingerprint density at radius 2 is 0.658 bits per heavy atom. The van der Waals surface area contributed by atoms with Crippen molar-refractivity contribution in [1.29, 1.82) is 0 Å². The summed E-state index contributed by atoms with van der Waals surface area (Å²) in [5.41, 5.74) is 0. The van der Waals surface area contributed by atoms with Gasteiger partial charge in [-0.25, -0.2) is 0 Å². The lowest BCUT2D eigenvalue weighted by Gasteiger charge is -2.40. The van der Waals surface area contributed by atoms with Gasteiger partial charge in [0.25, 0.3) is 0 Å². The quantitative estimate of drug-likeness (QED) is 0.0330. The highest BCUT2D eigenvalue weighted by atomic mass is 16.7. The van der Waals surface area contributed by atoms with E-state index >= 15 is 0 Å². The SMILES string of the molecule is CCCCCCCCCCCCCCCCCCCCCCCCCCCCCCCCCCCCCCC(=O)N[C@@H](CO[C@@H]1O[C@H](CO)[C@@H](O)C(O)C1O)[C@H](O)CCCCCCCCCCCCCCCCCCC. The third-order valence-electron chi connectivity index (χ3n) is 17.0. The average molecular weight is 1080 g/mol. The summed E-state index contributed by atoms with van der Waals surface area (Å²) in [7, 11) is 0. The van der Waals surface area contributed by atoms with E-state index in [4.69, 9.17) is 9.47 Å². The molecule has 1 amide bonds. The summed E-state index contributed by atoms with van der Waals surface area (Å²) in [6, 6.07) is -0.714. The predicted octanol–water partition coefficient (Wildman–Crippen LogP) is 18.1. The normalized spacial score (nSPS) is 18.6. The van der Waals surface area contributed by atoms with Crippen LogP contribution in [0.25, 0.3) is 0 Å². The molecule has 0 saturated carbocycles. The lowest BCUT2D eigenvalue weighted by Crippen LogP contribution is -2.60. The number of hydrogen-bond donors (Lipinski definition) is 6. The molecule has 0 spiro atoms. The van der Waals surface area contributed by atoms with Crippen LogP contribution in [0.2, 0.25) is 0 Å². The first-order valence-corrected chi connectivity index (χ1v) is 34.2. The van der Waals surface area contributed by atoms with Gasteiger partial charge in [-0.3, -0.25) is 4.79 Å². The van der Waals surface area contributed by atoms with Crippen molar-refractivity contribution in [3.8, 4) is 0 Å². The smallest absolute Gasteiger partial charge is 0.220 e. The zero-order valence-corrected chi connectivity index (χ0v) is 50.8. The van der Waals surface area contributed by atoms with Crippen LogP contribution in [0.15, 0.2) is 0 Å². The van der Waals surface area contributed by atoms with Gasteiger partial charge in [-0.1, -0.05) is 348 Å². The molecule has 1 heterocycles. The third kappa shape index (κ3) is 45.9. The van der Waals surface area contributed by atoms with Gasteiger partial charge in [-0.15, -0.1) is 0 Å². The third-order valence-corrected chi connectivity index (χ3v) is 17.0. The van der Waals surface area contributed by atoms with E-state index in [-0.39, 0.29) is 12.5 Å². The number of nitrogens with one attached hydrogen (secondary N) is 1. The Bertz CT molecular complexity index is 1160. The van der Waals surface area contributed by atoms with E-state index in [1.807, 2.05) is 0 Å². The van der Waals surface area contributed by atoms with Gasteiger partial charge < -0.3 is 40.3 Å². The molecule has 454 valence electrons. The minimum atomic E-state index is -1.55. The molecule has 0 bridgehead atoms. The molecule has 1 saturated heterocycles. The first kappa shape index (κ1) is 73.2. The Kier molecular flexibility index (Phi) is 55.3. The standard InChI is InChI=1S/C67H133NO8/c1-3-5-7-9-11-13-15-17-19-21-22-23-24-25-26-27-28-29-30-31-32-33-34-35-36-37-38-39-41-43-45-47-49-51-53-55-57-63(71)68-60(59-75-67-66(74)65(73)64(72)62(58-69)76-67)61(70)56-54-52-50-48-46-44-42-40-20-18-16-14-12-10-8-6-4-2/h60-62,64-67,69-70,72-74H,3-59H2,1-2H3,(H,68,71)/t60-,61+,62+,64+,65?,66?,67+/m0/s1. The Morgan fingerprint density at radius 3 is 0.934 bits per heavy atom. The highest BCUT2D eigenvalue weighted by Crippen LogP contribution is 2.24. The van der Waals surface area contributed by atoms with E-state index in [2.05, 4.69) is 19.2 Å². The summed E-state index contributed by atoms with van der Waals surface area (Å²) in [4.78, 5) is 13.1. The van der Waals surface area contributed by atoms with Gasteiger partial charge in [0.1, 0.15) is 24.4 Å². The molecule has 0 aromatic rings. The van der Waals surface area contributed by atoms with Crippen LogP contribution in [-0.2, 0) is 14.3 Å². The monoisotopic (exact) mass is 1080 g/mol. The molecule has 1 fully saturated rings. The van der Waals surface area contributed by atoms with Crippen molar-refractivity contribution < 1.29 is 39.8 Å². The molecule has 0 aliphatic carbocycles. The zero-order valence-electron chi connectivity index (χ0n) is 50.8. The van der Waals surface area contributed by atoms with Crippen LogP contribution >= 0.6 is 0 Å². The second-order valence-corrected chi connectivity index (χ2v) is 24.3. The molecule has 1 aliphatic heterocycles. The van der Waals surface area contributed by atoms with Gasteiger partial charge in [0.2, 0.25) is 5.91 Å². The molecule has 9 heteroatoms. The van der Waals surface area contributed by atoms with Gasteiger partial charge in [-0.2, -0.15) is 0 Å². The molecule has 2 unspecified atom stereocenters. The minimum Gasteiger partial charge on any atom is -0.394 e. The van der Waals surface area contributed by atoms with E-state index in [9.17, 15) is 30.3 Å². The van der Waals surface area contributed by atoms with Crippen LogP contribution in [-0.4, -0.2) is 87.5 Å². The summed E-state index contributed by atoms with van der Waals surface area (Å²) < 4.78 is 11.3. The summed E-state index contributed by atoms with van der Waals surface area (Å²) in [5, 5.41) is 54.8. The fraction of sp³-hybridized carbons (Fsp3) is 0.985. The Balaban J connectivity index is 2.04. The van der Waals surface area contributed by atoms with Gasteiger partial charge in [0.15, 0.2) is 6.29 Å². The Morgan fingerprint density at radius 1 is 0.395 bits per heavy atom. The molecule has 7 atom stereocenters. The van der Waals surface area contributed by atoms with Crippen molar-refractivity contribution in [3.63, 3.8) is 0 Å². The number of ether oxygens (including phenoxy) is 2. The fourth-order valence-electron chi connectivity index (χ4n) is 11.6. The maximum absolute atomic E-state index is 13.1. The summed E-state index contributed by atoms with van der Waals surface area (Å²) in [6.45, 7) is 3.90. The lowest BCUT2D eigenvalue weighted by atomic mass is 9.99. The summed E-state index contributed by atoms with van der Waals surface area (Å²) in [6.07, 6.45) is 64.7. The molecule has 0 aromatic heterocycles. The molecule has 76 heavy (non-hydrogen) atoms. The number of aliphatic hydroxyl groups excluding tert-OH is 5. The molecule has 1 rings (SSSR count). The number of hydrogen-bond acceptors (Lipinski definition) is 8. The highest BCUT2D eigenvalue weighted by molar-refractivity contribution is 5.76. The summed E-state index contributed by atoms with van der Waals surface area (Å²) >= 11 is 0. The molecular formula is C67H133NO8. The molecular weight excluding hydrogens is 947 g/mol. The first-order valence-electron chi connectivity index (χ1n) is 34.2. The number of carbonyl (C=O) groups excluding carboxylic acids is 1. The first-order chi connectivity index (χ1) is 37.3. The van der Waals surface area contributed by atoms with Crippen molar-refractivity contribution in [2.45, 2.75) is 410 Å². The van der Waals surface area contributed by atoms with Gasteiger partial charge in [-0.05, 0) is 12.8 Å². The van der Waals surface area contributed by atoms with Gasteiger partial charge in [0.05, 0.1) is 25.4 Å². The summed E-state index contributed by atoms with van der Waals surface area (Å²) in [5.74, 6) is -0.134. The van der Waals surface area contributed by atoms with E-state index in [1.54, 1.807) is 0 Å². The van der Waals surface area contributed by atoms with Gasteiger partial charge in [0, 0.05) is 6.42 Å². The largest absolute Gasteiger partial charge is 0.394 e. The van der Waals surface area contributed by atoms with Crippen molar-refractivity contribution in [2.24, 2.45) is 0 Å². The van der Waals surface area contributed by atoms with Crippen LogP contribution in [0.4, 0.5) is 0 Å². The van der Waals surface area contributed by atoms with Crippen molar-refractivity contribution in [1.82, 2.24) is 5.32 Å². The van der Waals surface area contributed by atoms with Crippen LogP contribution in [0.1, 0.15) is 367 Å². The van der Waals surface area contributed by atoms with Gasteiger partial charge >= 0.3 is 0 Å². The fourth-order valence-corrected chi connectivity index (χ4v) is 11.6. The van der Waals surface area contributed by atoms with Crippen LogP contribution in [0, 0.1) is 0 Å². The number of amides is 1. The molecule has 0 aromatic carbocycles. The van der Waals surface area contributed by atoms with E-state index in [1.165, 1.54) is 302 Å². The highest BCUT2D eigenvalue weighted by Gasteiger charge is 2.44. The second-order valence-electron chi connectivity index (χ2n) is 24.3. The molecule has 1 aliphatic rings. The van der Waals surface area contributed by atoms with Crippen LogP contribution in [0.3, 0.4) is 0 Å². The van der Waals surface area contributed by atoms with E-state index in [0.717, 1.165) is 38.5 Å². The van der Waals surface area contributed by atoms with Crippen molar-refractivity contribution >= 4 is 5.91 Å². The second kappa shape index (κ2) is 57.4. The average Bonchev–Trinajstić information content (AvgIpc) is 3.42. The van der Waals surface area contributed by atoms with Crippen molar-refractivity contribution in [2.75, 3.05) is 13.2 Å². The number of carbonyl (C=O) groups is 1. The number of aliphatic hydroxyl groups is 5. The Hall–Kier alpha value is -0.810. The lowest BCUT2D eigenvalue weighted by molar-refractivity contribution is -0.302. The van der Waals surface area contributed by atoms with Crippen molar-refractivity contribution in [3.05, 3.63) is 0 Å². The number of unbranched alkanes of at least 4 members (excludes halogenated alkanes) is 51. The zero-order chi connectivity index (χ0) is 55.0. The molecule has 6 N–H and O–H groups in total. The minimum absolute atomic E-state index is 0.131. The van der Waals surface area contributed by atoms with E-state index < -0.39 is 49.5 Å². The number of rotatable bonds is 61. The molecule has 0 radical (unpaired) electrons. The molecule has 9 nitrogen and oxygen atoms in total. The maximum atomic E-state index is 13.1.